The van der Waals surface area contributed by atoms with Crippen molar-refractivity contribution >= 4 is 22.7 Å². The number of amides is 1. The van der Waals surface area contributed by atoms with Crippen molar-refractivity contribution in [2.45, 2.75) is 26.2 Å². The largest absolute Gasteiger partial charge is 0.436 e. The van der Waals surface area contributed by atoms with E-state index in [-0.39, 0.29) is 11.8 Å². The molecule has 0 spiro atoms. The summed E-state index contributed by atoms with van der Waals surface area (Å²) in [5, 5.41) is 3.01. The minimum absolute atomic E-state index is 0.0218. The van der Waals surface area contributed by atoms with E-state index in [4.69, 9.17) is 4.42 Å². The topological polar surface area (TPSA) is 55.1 Å². The van der Waals surface area contributed by atoms with E-state index < -0.39 is 0 Å². The molecule has 0 saturated heterocycles. The standard InChI is InChI=1S/C24H22N2O2/c1-3-20(17-9-5-4-6-10-17)23(27)25-19-12-13-21-22(15-19)28-24(26-21)18-11-7-8-16(2)14-18/h4-15,20H,3H2,1-2H3,(H,25,27). The molecule has 1 N–H and O–H groups in total. The molecule has 28 heavy (non-hydrogen) atoms. The highest BCUT2D eigenvalue weighted by Gasteiger charge is 2.19. The molecule has 0 radical (unpaired) electrons. The first kappa shape index (κ1) is 18.0. The number of nitrogens with zero attached hydrogens (tertiary/aromatic N) is 1. The summed E-state index contributed by atoms with van der Waals surface area (Å²) in [5.74, 6) is 0.374. The lowest BCUT2D eigenvalue weighted by molar-refractivity contribution is -0.117. The lowest BCUT2D eigenvalue weighted by Gasteiger charge is -2.15. The van der Waals surface area contributed by atoms with Gasteiger partial charge in [0, 0.05) is 17.3 Å². The Morgan fingerprint density at radius 2 is 1.86 bits per heavy atom. The van der Waals surface area contributed by atoms with E-state index in [0.717, 1.165) is 28.6 Å². The van der Waals surface area contributed by atoms with Crippen LogP contribution in [0.4, 0.5) is 5.69 Å². The summed E-state index contributed by atoms with van der Waals surface area (Å²) in [4.78, 5) is 17.4. The van der Waals surface area contributed by atoms with Crippen LogP contribution in [0.25, 0.3) is 22.6 Å². The normalized spacial score (nSPS) is 12.1. The molecule has 1 aromatic heterocycles. The van der Waals surface area contributed by atoms with E-state index in [0.29, 0.717) is 17.2 Å². The lowest BCUT2D eigenvalue weighted by Crippen LogP contribution is -2.20. The fourth-order valence-electron chi connectivity index (χ4n) is 3.39. The molecule has 1 amide bonds. The second kappa shape index (κ2) is 7.69. The molecule has 1 atom stereocenters. The Bertz CT molecular complexity index is 1120. The summed E-state index contributed by atoms with van der Waals surface area (Å²) < 4.78 is 5.94. The molecule has 0 fully saturated rings. The molecule has 0 bridgehead atoms. The summed E-state index contributed by atoms with van der Waals surface area (Å²) in [6.45, 7) is 4.06. The summed E-state index contributed by atoms with van der Waals surface area (Å²) in [6, 6.07) is 23.5. The number of aromatic nitrogens is 1. The van der Waals surface area contributed by atoms with Gasteiger partial charge >= 0.3 is 0 Å². The van der Waals surface area contributed by atoms with Crippen LogP contribution in [0, 0.1) is 6.92 Å². The van der Waals surface area contributed by atoms with Crippen LogP contribution in [-0.4, -0.2) is 10.9 Å². The highest BCUT2D eigenvalue weighted by molar-refractivity contribution is 5.97. The first-order valence-corrected chi connectivity index (χ1v) is 9.47. The number of carbonyl (C=O) groups is 1. The zero-order chi connectivity index (χ0) is 19.5. The average molecular weight is 370 g/mol. The predicted molar refractivity (Wildman–Crippen MR) is 112 cm³/mol. The molecular weight excluding hydrogens is 348 g/mol. The minimum atomic E-state index is -0.186. The van der Waals surface area contributed by atoms with Gasteiger partial charge in [-0.1, -0.05) is 55.0 Å². The van der Waals surface area contributed by atoms with E-state index in [1.54, 1.807) is 0 Å². The quantitative estimate of drug-likeness (QED) is 0.473. The van der Waals surface area contributed by atoms with Crippen LogP contribution in [-0.2, 0) is 4.79 Å². The van der Waals surface area contributed by atoms with E-state index in [1.165, 1.54) is 0 Å². The minimum Gasteiger partial charge on any atom is -0.436 e. The van der Waals surface area contributed by atoms with Gasteiger partial charge in [0.2, 0.25) is 11.8 Å². The Balaban J connectivity index is 1.58. The molecule has 1 unspecified atom stereocenters. The Morgan fingerprint density at radius 3 is 2.61 bits per heavy atom. The van der Waals surface area contributed by atoms with Gasteiger partial charge in [0.1, 0.15) is 5.52 Å². The number of hydrogen-bond acceptors (Lipinski definition) is 3. The molecule has 1 heterocycles. The summed E-state index contributed by atoms with van der Waals surface area (Å²) in [6.07, 6.45) is 0.734. The molecular formula is C24H22N2O2. The molecule has 140 valence electrons. The number of anilines is 1. The number of hydrogen-bond donors (Lipinski definition) is 1. The van der Waals surface area contributed by atoms with Crippen molar-refractivity contribution in [2.24, 2.45) is 0 Å². The number of oxazole rings is 1. The van der Waals surface area contributed by atoms with Crippen molar-refractivity contribution in [1.82, 2.24) is 4.98 Å². The van der Waals surface area contributed by atoms with E-state index in [1.807, 2.05) is 86.6 Å². The van der Waals surface area contributed by atoms with Crippen molar-refractivity contribution in [1.29, 1.82) is 0 Å². The van der Waals surface area contributed by atoms with Gasteiger partial charge in [0.05, 0.1) is 5.92 Å². The SMILES string of the molecule is CCC(C(=O)Nc1ccc2nc(-c3cccc(C)c3)oc2c1)c1ccccc1. The Kier molecular flexibility index (Phi) is 4.94. The van der Waals surface area contributed by atoms with Crippen LogP contribution in [0.5, 0.6) is 0 Å². The number of benzene rings is 3. The third-order valence-corrected chi connectivity index (χ3v) is 4.85. The Morgan fingerprint density at radius 1 is 1.04 bits per heavy atom. The lowest BCUT2D eigenvalue weighted by atomic mass is 9.95. The maximum atomic E-state index is 12.8. The van der Waals surface area contributed by atoms with Crippen molar-refractivity contribution in [3.8, 4) is 11.5 Å². The maximum Gasteiger partial charge on any atom is 0.231 e. The smallest absolute Gasteiger partial charge is 0.231 e. The number of aryl methyl sites for hydroxylation is 1. The fourth-order valence-corrected chi connectivity index (χ4v) is 3.39. The first-order valence-electron chi connectivity index (χ1n) is 9.47. The van der Waals surface area contributed by atoms with Crippen LogP contribution in [0.2, 0.25) is 0 Å². The van der Waals surface area contributed by atoms with Crippen molar-refractivity contribution < 1.29 is 9.21 Å². The van der Waals surface area contributed by atoms with Gasteiger partial charge in [0.25, 0.3) is 0 Å². The van der Waals surface area contributed by atoms with E-state index in [9.17, 15) is 4.79 Å². The predicted octanol–water partition coefficient (Wildman–Crippen LogP) is 5.94. The maximum absolute atomic E-state index is 12.8. The van der Waals surface area contributed by atoms with Crippen LogP contribution in [0.15, 0.2) is 77.2 Å². The highest BCUT2D eigenvalue weighted by Crippen LogP contribution is 2.28. The molecule has 4 aromatic rings. The molecule has 3 aromatic carbocycles. The summed E-state index contributed by atoms with van der Waals surface area (Å²) in [7, 11) is 0. The highest BCUT2D eigenvalue weighted by atomic mass is 16.3. The van der Waals surface area contributed by atoms with Crippen LogP contribution < -0.4 is 5.32 Å². The van der Waals surface area contributed by atoms with E-state index in [2.05, 4.69) is 10.3 Å². The molecule has 0 saturated carbocycles. The molecule has 0 aliphatic rings. The molecule has 4 heteroatoms. The average Bonchev–Trinajstić information content (AvgIpc) is 3.13. The van der Waals surface area contributed by atoms with Gasteiger partial charge in [-0.25, -0.2) is 4.98 Å². The first-order chi connectivity index (χ1) is 13.6. The van der Waals surface area contributed by atoms with Crippen LogP contribution >= 0.6 is 0 Å². The molecule has 4 rings (SSSR count). The molecule has 0 aliphatic carbocycles. The number of fused-ring (bicyclic) bond motifs is 1. The second-order valence-electron chi connectivity index (χ2n) is 6.93. The third-order valence-electron chi connectivity index (χ3n) is 4.85. The molecule has 0 aliphatic heterocycles. The summed E-state index contributed by atoms with van der Waals surface area (Å²) in [5.41, 5.74) is 5.24. The van der Waals surface area contributed by atoms with Gasteiger partial charge < -0.3 is 9.73 Å². The van der Waals surface area contributed by atoms with Gasteiger partial charge in [0.15, 0.2) is 5.58 Å². The van der Waals surface area contributed by atoms with Gasteiger partial charge in [-0.3, -0.25) is 4.79 Å². The second-order valence-corrected chi connectivity index (χ2v) is 6.93. The van der Waals surface area contributed by atoms with Crippen LogP contribution in [0.3, 0.4) is 0 Å². The van der Waals surface area contributed by atoms with Crippen molar-refractivity contribution in [3.63, 3.8) is 0 Å². The number of carbonyl (C=O) groups excluding carboxylic acids is 1. The zero-order valence-electron chi connectivity index (χ0n) is 16.0. The number of nitrogens with one attached hydrogen (secondary N) is 1. The van der Waals surface area contributed by atoms with Crippen molar-refractivity contribution in [3.05, 3.63) is 83.9 Å². The Hall–Kier alpha value is -3.40. The van der Waals surface area contributed by atoms with Gasteiger partial charge in [-0.2, -0.15) is 0 Å². The van der Waals surface area contributed by atoms with Crippen LogP contribution in [0.1, 0.15) is 30.4 Å². The van der Waals surface area contributed by atoms with Gasteiger partial charge in [-0.05, 0) is 43.2 Å². The van der Waals surface area contributed by atoms with E-state index >= 15 is 0 Å². The fraction of sp³-hybridized carbons (Fsp3) is 0.167. The number of rotatable bonds is 5. The zero-order valence-corrected chi connectivity index (χ0v) is 16.0. The van der Waals surface area contributed by atoms with Crippen molar-refractivity contribution in [2.75, 3.05) is 5.32 Å². The molecule has 4 nitrogen and oxygen atoms in total. The Labute approximate surface area is 164 Å². The monoisotopic (exact) mass is 370 g/mol. The van der Waals surface area contributed by atoms with Gasteiger partial charge in [-0.15, -0.1) is 0 Å². The summed E-state index contributed by atoms with van der Waals surface area (Å²) >= 11 is 0. The third kappa shape index (κ3) is 3.67.